The molecule has 2 aliphatic rings. The number of halogens is 1. The van der Waals surface area contributed by atoms with E-state index in [2.05, 4.69) is 48.0 Å². The predicted molar refractivity (Wildman–Crippen MR) is 117 cm³/mol. The molecule has 1 saturated heterocycles. The second kappa shape index (κ2) is 9.09. The zero-order valence-electron chi connectivity index (χ0n) is 17.2. The van der Waals surface area contributed by atoms with Gasteiger partial charge in [0, 0.05) is 63.9 Å². The molecule has 1 aliphatic carbocycles. The molecular weight excluding hydrogens is 457 g/mol. The van der Waals surface area contributed by atoms with Crippen LogP contribution in [0.3, 0.4) is 0 Å². The van der Waals surface area contributed by atoms with E-state index in [1.165, 1.54) is 0 Å². The zero-order valence-corrected chi connectivity index (χ0v) is 19.5. The molecule has 1 aliphatic heterocycles. The lowest BCUT2D eigenvalue weighted by Gasteiger charge is -2.59. The van der Waals surface area contributed by atoms with E-state index in [0.717, 1.165) is 57.3 Å². The molecule has 1 aromatic rings. The van der Waals surface area contributed by atoms with Crippen LogP contribution in [0.5, 0.6) is 0 Å². The molecule has 2 fully saturated rings. The van der Waals surface area contributed by atoms with Gasteiger partial charge in [0.25, 0.3) is 0 Å². The Bertz CT molecular complexity index is 614. The van der Waals surface area contributed by atoms with Gasteiger partial charge in [0.05, 0.1) is 11.3 Å². The Kier molecular flexibility index (Phi) is 7.54. The molecule has 8 heteroatoms. The van der Waals surface area contributed by atoms with Crippen LogP contribution in [0.1, 0.15) is 39.8 Å². The largest absolute Gasteiger partial charge is 0.378 e. The van der Waals surface area contributed by atoms with Crippen LogP contribution in [-0.4, -0.2) is 72.4 Å². The van der Waals surface area contributed by atoms with Gasteiger partial charge >= 0.3 is 0 Å². The van der Waals surface area contributed by atoms with Crippen LogP contribution >= 0.6 is 24.0 Å². The predicted octanol–water partition coefficient (Wildman–Crippen LogP) is 2.58. The molecule has 0 bridgehead atoms. The topological polar surface area (TPSA) is 66.1 Å². The quantitative estimate of drug-likeness (QED) is 0.388. The molecule has 0 amide bonds. The normalized spacial score (nSPS) is 28.4. The molecule has 2 atom stereocenters. The Morgan fingerprint density at radius 1 is 1.33 bits per heavy atom. The first-order chi connectivity index (χ1) is 12.4. The minimum Gasteiger partial charge on any atom is -0.378 e. The third-order valence-electron chi connectivity index (χ3n) is 6.44. The number of guanidine groups is 1. The average molecular weight is 491 g/mol. The number of hydrogen-bond donors (Lipinski definition) is 1. The van der Waals surface area contributed by atoms with Gasteiger partial charge in [0.1, 0.15) is 6.26 Å². The fourth-order valence-electron chi connectivity index (χ4n) is 3.93. The van der Waals surface area contributed by atoms with E-state index in [9.17, 15) is 0 Å². The summed E-state index contributed by atoms with van der Waals surface area (Å²) in [7, 11) is 1.81. The lowest BCUT2D eigenvalue weighted by Crippen LogP contribution is -2.70. The van der Waals surface area contributed by atoms with Crippen molar-refractivity contribution >= 4 is 29.9 Å². The van der Waals surface area contributed by atoms with Crippen LogP contribution < -0.4 is 5.32 Å². The SMILES string of the molecule is CCN=C(NC1CC(C)(OC)C1(C)C)N1CCN(Cc2ccon2)CC1.I. The summed E-state index contributed by atoms with van der Waals surface area (Å²) in [5.41, 5.74) is 0.998. The Labute approximate surface area is 179 Å². The van der Waals surface area contributed by atoms with E-state index in [1.807, 2.05) is 13.2 Å². The Morgan fingerprint density at radius 2 is 2.04 bits per heavy atom. The minimum absolute atomic E-state index is 0. The van der Waals surface area contributed by atoms with Gasteiger partial charge in [0.2, 0.25) is 0 Å². The number of ether oxygens (including phenoxy) is 1. The van der Waals surface area contributed by atoms with Crippen molar-refractivity contribution in [3.05, 3.63) is 18.0 Å². The van der Waals surface area contributed by atoms with Gasteiger partial charge in [0.15, 0.2) is 5.96 Å². The lowest BCUT2D eigenvalue weighted by atomic mass is 9.56. The van der Waals surface area contributed by atoms with Gasteiger partial charge in [-0.1, -0.05) is 19.0 Å². The van der Waals surface area contributed by atoms with E-state index in [0.29, 0.717) is 6.04 Å². The lowest BCUT2D eigenvalue weighted by molar-refractivity contribution is -0.177. The van der Waals surface area contributed by atoms with Crippen molar-refractivity contribution in [2.45, 2.75) is 52.3 Å². The molecule has 2 unspecified atom stereocenters. The summed E-state index contributed by atoms with van der Waals surface area (Å²) >= 11 is 0. The number of aliphatic imine (C=N–C) groups is 1. The van der Waals surface area contributed by atoms with Crippen molar-refractivity contribution in [1.82, 2.24) is 20.3 Å². The molecule has 27 heavy (non-hydrogen) atoms. The summed E-state index contributed by atoms with van der Waals surface area (Å²) in [6, 6.07) is 2.31. The summed E-state index contributed by atoms with van der Waals surface area (Å²) in [4.78, 5) is 9.54. The second-order valence-electron chi connectivity index (χ2n) is 8.11. The molecule has 7 nitrogen and oxygen atoms in total. The second-order valence-corrected chi connectivity index (χ2v) is 8.11. The van der Waals surface area contributed by atoms with Crippen LogP contribution in [0.25, 0.3) is 0 Å². The number of nitrogens with one attached hydrogen (secondary N) is 1. The molecule has 1 saturated carbocycles. The maximum Gasteiger partial charge on any atom is 0.194 e. The number of piperazine rings is 1. The maximum absolute atomic E-state index is 5.76. The molecule has 3 rings (SSSR count). The molecule has 154 valence electrons. The first-order valence-corrected chi connectivity index (χ1v) is 9.62. The van der Waals surface area contributed by atoms with Crippen LogP contribution in [0, 0.1) is 5.41 Å². The number of nitrogens with zero attached hydrogens (tertiary/aromatic N) is 4. The van der Waals surface area contributed by atoms with Crippen molar-refractivity contribution in [3.63, 3.8) is 0 Å². The van der Waals surface area contributed by atoms with E-state index < -0.39 is 0 Å². The highest BCUT2D eigenvalue weighted by molar-refractivity contribution is 14.0. The smallest absolute Gasteiger partial charge is 0.194 e. The van der Waals surface area contributed by atoms with Crippen molar-refractivity contribution in [2.75, 3.05) is 39.8 Å². The van der Waals surface area contributed by atoms with Gasteiger partial charge in [-0.05, 0) is 20.3 Å². The number of methoxy groups -OCH3 is 1. The molecule has 0 radical (unpaired) electrons. The minimum atomic E-state index is -0.0711. The Balaban J connectivity index is 0.00000261. The number of aromatic nitrogens is 1. The van der Waals surface area contributed by atoms with E-state index in [-0.39, 0.29) is 35.0 Å². The highest BCUT2D eigenvalue weighted by atomic mass is 127. The number of rotatable bonds is 5. The van der Waals surface area contributed by atoms with Crippen LogP contribution in [0.15, 0.2) is 21.8 Å². The van der Waals surface area contributed by atoms with Crippen molar-refractivity contribution < 1.29 is 9.26 Å². The fraction of sp³-hybridized carbons (Fsp3) is 0.789. The molecule has 1 N–H and O–H groups in total. The monoisotopic (exact) mass is 491 g/mol. The zero-order chi connectivity index (χ0) is 18.8. The third kappa shape index (κ3) is 4.59. The highest BCUT2D eigenvalue weighted by Crippen LogP contribution is 2.51. The highest BCUT2D eigenvalue weighted by Gasteiger charge is 2.58. The molecule has 1 aromatic heterocycles. The molecule has 0 aromatic carbocycles. The fourth-order valence-corrected chi connectivity index (χ4v) is 3.93. The average Bonchev–Trinajstić information content (AvgIpc) is 3.14. The molecule has 2 heterocycles. The van der Waals surface area contributed by atoms with Gasteiger partial charge in [-0.15, -0.1) is 24.0 Å². The van der Waals surface area contributed by atoms with Crippen LogP contribution in [0.2, 0.25) is 0 Å². The maximum atomic E-state index is 5.76. The first kappa shape index (κ1) is 22.4. The van der Waals surface area contributed by atoms with Crippen LogP contribution in [-0.2, 0) is 11.3 Å². The van der Waals surface area contributed by atoms with Gasteiger partial charge < -0.3 is 19.5 Å². The van der Waals surface area contributed by atoms with E-state index in [4.69, 9.17) is 14.3 Å². The molecule has 0 spiro atoms. The van der Waals surface area contributed by atoms with Gasteiger partial charge in [-0.3, -0.25) is 9.89 Å². The molecular formula is C19H34IN5O2. The Hall–Kier alpha value is -0.870. The summed E-state index contributed by atoms with van der Waals surface area (Å²) in [6.07, 6.45) is 2.64. The Morgan fingerprint density at radius 3 is 2.56 bits per heavy atom. The third-order valence-corrected chi connectivity index (χ3v) is 6.44. The van der Waals surface area contributed by atoms with Crippen molar-refractivity contribution in [2.24, 2.45) is 10.4 Å². The van der Waals surface area contributed by atoms with E-state index >= 15 is 0 Å². The number of hydrogen-bond acceptors (Lipinski definition) is 5. The summed E-state index contributed by atoms with van der Waals surface area (Å²) in [5, 5.41) is 7.73. The summed E-state index contributed by atoms with van der Waals surface area (Å²) in [6.45, 7) is 14.4. The summed E-state index contributed by atoms with van der Waals surface area (Å²) < 4.78 is 10.7. The van der Waals surface area contributed by atoms with Gasteiger partial charge in [-0.2, -0.15) is 0 Å². The van der Waals surface area contributed by atoms with E-state index in [1.54, 1.807) is 6.26 Å². The standard InChI is InChI=1S/C19H33N5O2.HI/c1-6-20-17(21-16-13-19(4,25-5)18(16,2)3)24-10-8-23(9-11-24)14-15-7-12-26-22-15;/h7,12,16H,6,8-11,13-14H2,1-5H3,(H,20,21);1H. The summed E-state index contributed by atoms with van der Waals surface area (Å²) in [5.74, 6) is 1.03. The van der Waals surface area contributed by atoms with Crippen molar-refractivity contribution in [1.29, 1.82) is 0 Å². The van der Waals surface area contributed by atoms with Crippen molar-refractivity contribution in [3.8, 4) is 0 Å². The first-order valence-electron chi connectivity index (χ1n) is 9.62. The van der Waals surface area contributed by atoms with Gasteiger partial charge in [-0.25, -0.2) is 0 Å². The van der Waals surface area contributed by atoms with Crippen LogP contribution in [0.4, 0.5) is 0 Å².